The summed E-state index contributed by atoms with van der Waals surface area (Å²) < 4.78 is 26.8. The lowest BCUT2D eigenvalue weighted by molar-refractivity contribution is -0.111. The van der Waals surface area contributed by atoms with Crippen LogP contribution in [0.25, 0.3) is 17.3 Å². The molecule has 132 valence electrons. The Kier molecular flexibility index (Phi) is 5.66. The fourth-order valence-electron chi connectivity index (χ4n) is 2.09. The third kappa shape index (κ3) is 4.46. The van der Waals surface area contributed by atoms with Crippen molar-refractivity contribution in [2.24, 2.45) is 0 Å². The predicted octanol–water partition coefficient (Wildman–Crippen LogP) is 6.05. The first kappa shape index (κ1) is 18.5. The van der Waals surface area contributed by atoms with E-state index >= 15 is 0 Å². The monoisotopic (exact) mass is 410 g/mol. The van der Waals surface area contributed by atoms with Gasteiger partial charge in [-0.1, -0.05) is 29.3 Å². The second kappa shape index (κ2) is 7.95. The Balaban J connectivity index is 1.69. The summed E-state index contributed by atoms with van der Waals surface area (Å²) in [5, 5.41) is 5.28. The summed E-state index contributed by atoms with van der Waals surface area (Å²) in [5.74, 6) is -1.79. The maximum Gasteiger partial charge on any atom is 0.250 e. The van der Waals surface area contributed by atoms with Gasteiger partial charge in [-0.3, -0.25) is 10.1 Å². The molecule has 0 aliphatic rings. The van der Waals surface area contributed by atoms with Crippen LogP contribution in [0.4, 0.5) is 13.9 Å². The molecule has 0 atom stereocenters. The molecule has 1 N–H and O–H groups in total. The number of amides is 1. The van der Waals surface area contributed by atoms with Crippen LogP contribution in [0, 0.1) is 11.6 Å². The first-order valence-electron chi connectivity index (χ1n) is 7.27. The number of anilines is 1. The predicted molar refractivity (Wildman–Crippen MR) is 102 cm³/mol. The fourth-order valence-corrected chi connectivity index (χ4v) is 3.11. The SMILES string of the molecule is O=C(/C=C/c1ccc(Cl)c(Cl)c1)Nc1nc(-c2ccc(F)cc2F)cs1. The average molecular weight is 411 g/mol. The highest BCUT2D eigenvalue weighted by Gasteiger charge is 2.11. The maximum atomic E-state index is 13.8. The quantitative estimate of drug-likeness (QED) is 0.532. The molecular weight excluding hydrogens is 401 g/mol. The first-order chi connectivity index (χ1) is 12.4. The topological polar surface area (TPSA) is 42.0 Å². The Morgan fingerprint density at radius 2 is 1.92 bits per heavy atom. The maximum absolute atomic E-state index is 13.8. The lowest BCUT2D eigenvalue weighted by Gasteiger charge is -2.00. The zero-order valence-corrected chi connectivity index (χ0v) is 15.3. The number of hydrogen-bond donors (Lipinski definition) is 1. The highest BCUT2D eigenvalue weighted by atomic mass is 35.5. The Morgan fingerprint density at radius 3 is 2.65 bits per heavy atom. The highest BCUT2D eigenvalue weighted by molar-refractivity contribution is 7.14. The summed E-state index contributed by atoms with van der Waals surface area (Å²) in [4.78, 5) is 16.1. The number of rotatable bonds is 4. The van der Waals surface area contributed by atoms with Crippen molar-refractivity contribution < 1.29 is 13.6 Å². The second-order valence-electron chi connectivity index (χ2n) is 5.16. The molecule has 0 saturated carbocycles. The van der Waals surface area contributed by atoms with Crippen LogP contribution in [0.5, 0.6) is 0 Å². The standard InChI is InChI=1S/C18H10Cl2F2N2OS/c19-13-5-1-10(7-14(13)20)2-6-17(25)24-18-23-16(9-26-18)12-4-3-11(21)8-15(12)22/h1-9H,(H,23,24,25)/b6-2+. The molecule has 1 amide bonds. The van der Waals surface area contributed by atoms with E-state index in [1.54, 1.807) is 29.7 Å². The molecule has 0 radical (unpaired) electrons. The van der Waals surface area contributed by atoms with Gasteiger partial charge < -0.3 is 0 Å². The zero-order valence-electron chi connectivity index (χ0n) is 13.0. The van der Waals surface area contributed by atoms with E-state index in [2.05, 4.69) is 10.3 Å². The van der Waals surface area contributed by atoms with Gasteiger partial charge in [-0.15, -0.1) is 11.3 Å². The third-order valence-corrected chi connectivity index (χ3v) is 4.81. The zero-order chi connectivity index (χ0) is 18.7. The molecule has 0 fully saturated rings. The summed E-state index contributed by atoms with van der Waals surface area (Å²) in [7, 11) is 0. The molecule has 0 spiro atoms. The number of aromatic nitrogens is 1. The number of carbonyl (C=O) groups excluding carboxylic acids is 1. The summed E-state index contributed by atoms with van der Waals surface area (Å²) in [5.41, 5.74) is 1.19. The van der Waals surface area contributed by atoms with Crippen molar-refractivity contribution in [3.8, 4) is 11.3 Å². The molecule has 0 unspecified atom stereocenters. The van der Waals surface area contributed by atoms with Crippen molar-refractivity contribution in [3.05, 3.63) is 75.1 Å². The molecule has 0 aliphatic carbocycles. The van der Waals surface area contributed by atoms with Crippen LogP contribution in [0.1, 0.15) is 5.56 Å². The largest absolute Gasteiger partial charge is 0.298 e. The van der Waals surface area contributed by atoms with Gasteiger partial charge in [-0.25, -0.2) is 13.8 Å². The second-order valence-corrected chi connectivity index (χ2v) is 6.83. The number of halogens is 4. The molecule has 3 aromatic rings. The molecule has 0 aliphatic heterocycles. The van der Waals surface area contributed by atoms with Crippen LogP contribution >= 0.6 is 34.5 Å². The van der Waals surface area contributed by atoms with Gasteiger partial charge in [-0.05, 0) is 35.9 Å². The summed E-state index contributed by atoms with van der Waals surface area (Å²) >= 11 is 12.9. The molecule has 2 aromatic carbocycles. The lowest BCUT2D eigenvalue weighted by Crippen LogP contribution is -2.07. The highest BCUT2D eigenvalue weighted by Crippen LogP contribution is 2.27. The minimum atomic E-state index is -0.715. The third-order valence-electron chi connectivity index (χ3n) is 3.31. The summed E-state index contributed by atoms with van der Waals surface area (Å²) in [6.07, 6.45) is 2.89. The number of nitrogens with zero attached hydrogens (tertiary/aromatic N) is 1. The van der Waals surface area contributed by atoms with Crippen LogP contribution in [0.2, 0.25) is 10.0 Å². The first-order valence-corrected chi connectivity index (χ1v) is 8.91. The average Bonchev–Trinajstić information content (AvgIpc) is 3.04. The molecule has 3 nitrogen and oxygen atoms in total. The van der Waals surface area contributed by atoms with Gasteiger partial charge in [0, 0.05) is 23.1 Å². The van der Waals surface area contributed by atoms with E-state index in [0.29, 0.717) is 26.4 Å². The van der Waals surface area contributed by atoms with Gasteiger partial charge in [0.1, 0.15) is 11.6 Å². The van der Waals surface area contributed by atoms with Crippen LogP contribution in [0.15, 0.2) is 47.9 Å². The smallest absolute Gasteiger partial charge is 0.250 e. The van der Waals surface area contributed by atoms with Crippen LogP contribution in [-0.2, 0) is 4.79 Å². The van der Waals surface area contributed by atoms with E-state index in [1.807, 2.05) is 0 Å². The minimum absolute atomic E-state index is 0.162. The van der Waals surface area contributed by atoms with Crippen LogP contribution in [-0.4, -0.2) is 10.9 Å². The Hall–Kier alpha value is -2.28. The van der Waals surface area contributed by atoms with E-state index in [-0.39, 0.29) is 5.56 Å². The number of hydrogen-bond acceptors (Lipinski definition) is 3. The molecular formula is C18H10Cl2F2N2OS. The molecule has 1 aromatic heterocycles. The van der Waals surface area contributed by atoms with Crippen molar-refractivity contribution >= 4 is 51.7 Å². The summed E-state index contributed by atoms with van der Waals surface area (Å²) in [6, 6.07) is 8.22. The van der Waals surface area contributed by atoms with E-state index in [9.17, 15) is 13.6 Å². The summed E-state index contributed by atoms with van der Waals surface area (Å²) in [6.45, 7) is 0. The molecule has 3 rings (SSSR count). The molecule has 8 heteroatoms. The fraction of sp³-hybridized carbons (Fsp3) is 0. The van der Waals surface area contributed by atoms with Gasteiger partial charge in [0.15, 0.2) is 5.13 Å². The van der Waals surface area contributed by atoms with E-state index < -0.39 is 17.5 Å². The van der Waals surface area contributed by atoms with E-state index in [4.69, 9.17) is 23.2 Å². The van der Waals surface area contributed by atoms with Crippen molar-refractivity contribution in [3.63, 3.8) is 0 Å². The van der Waals surface area contributed by atoms with Gasteiger partial charge in [-0.2, -0.15) is 0 Å². The normalized spacial score (nSPS) is 11.1. The van der Waals surface area contributed by atoms with Crippen LogP contribution < -0.4 is 5.32 Å². The molecule has 1 heterocycles. The number of nitrogens with one attached hydrogen (secondary N) is 1. The minimum Gasteiger partial charge on any atom is -0.298 e. The molecule has 26 heavy (non-hydrogen) atoms. The van der Waals surface area contributed by atoms with Crippen molar-refractivity contribution in [2.75, 3.05) is 5.32 Å². The number of carbonyl (C=O) groups is 1. The lowest BCUT2D eigenvalue weighted by atomic mass is 10.1. The Labute approximate surface area is 161 Å². The molecule has 0 bridgehead atoms. The van der Waals surface area contributed by atoms with Crippen LogP contribution in [0.3, 0.4) is 0 Å². The van der Waals surface area contributed by atoms with Crippen molar-refractivity contribution in [2.45, 2.75) is 0 Å². The van der Waals surface area contributed by atoms with Crippen molar-refractivity contribution in [1.82, 2.24) is 4.98 Å². The number of benzene rings is 2. The van der Waals surface area contributed by atoms with Gasteiger partial charge in [0.05, 0.1) is 15.7 Å². The number of thiazole rings is 1. The van der Waals surface area contributed by atoms with Gasteiger partial charge >= 0.3 is 0 Å². The Bertz CT molecular complexity index is 1000. The Morgan fingerprint density at radius 1 is 1.12 bits per heavy atom. The molecule has 0 saturated heterocycles. The van der Waals surface area contributed by atoms with E-state index in [1.165, 1.54) is 12.1 Å². The van der Waals surface area contributed by atoms with E-state index in [0.717, 1.165) is 23.5 Å². The van der Waals surface area contributed by atoms with Gasteiger partial charge in [0.2, 0.25) is 5.91 Å². The van der Waals surface area contributed by atoms with Crippen molar-refractivity contribution in [1.29, 1.82) is 0 Å². The van der Waals surface area contributed by atoms with Gasteiger partial charge in [0.25, 0.3) is 0 Å².